The molecule has 27 heavy (non-hydrogen) atoms. The van der Waals surface area contributed by atoms with E-state index in [0.29, 0.717) is 0 Å². The van der Waals surface area contributed by atoms with Gasteiger partial charge in [-0.05, 0) is 63.9 Å². The van der Waals surface area contributed by atoms with Crippen molar-refractivity contribution in [2.75, 3.05) is 11.9 Å². The number of rotatable bonds is 6. The molecule has 0 spiro atoms. The Morgan fingerprint density at radius 2 is 1.81 bits per heavy atom. The van der Waals surface area contributed by atoms with E-state index in [9.17, 15) is 4.79 Å². The SMILES string of the molecule is CCN(Cc1ccccc1)[C@@H](C)c1ccc(C)c(NC(=O)OC(C)(C)C)c1. The summed E-state index contributed by atoms with van der Waals surface area (Å²) in [4.78, 5) is 14.6. The average Bonchev–Trinajstić information content (AvgIpc) is 2.60. The number of amides is 1. The fourth-order valence-corrected chi connectivity index (χ4v) is 3.00. The van der Waals surface area contributed by atoms with E-state index < -0.39 is 11.7 Å². The van der Waals surface area contributed by atoms with Crippen LogP contribution in [0.25, 0.3) is 0 Å². The Balaban J connectivity index is 2.16. The van der Waals surface area contributed by atoms with E-state index in [0.717, 1.165) is 24.3 Å². The highest BCUT2D eigenvalue weighted by Crippen LogP contribution is 2.27. The van der Waals surface area contributed by atoms with Crippen LogP contribution < -0.4 is 5.32 Å². The first kappa shape index (κ1) is 21.0. The first-order valence-electron chi connectivity index (χ1n) is 9.58. The van der Waals surface area contributed by atoms with Crippen molar-refractivity contribution >= 4 is 11.8 Å². The lowest BCUT2D eigenvalue weighted by molar-refractivity contribution is 0.0636. The number of hydrogen-bond donors (Lipinski definition) is 1. The molecular weight excluding hydrogens is 336 g/mol. The van der Waals surface area contributed by atoms with E-state index in [1.807, 2.05) is 33.8 Å². The number of nitrogens with zero attached hydrogens (tertiary/aromatic N) is 1. The third-order valence-electron chi connectivity index (χ3n) is 4.56. The lowest BCUT2D eigenvalue weighted by atomic mass is 10.0. The van der Waals surface area contributed by atoms with Crippen LogP contribution in [0.3, 0.4) is 0 Å². The summed E-state index contributed by atoms with van der Waals surface area (Å²) in [5, 5.41) is 2.89. The van der Waals surface area contributed by atoms with E-state index >= 15 is 0 Å². The van der Waals surface area contributed by atoms with E-state index in [2.05, 4.69) is 66.5 Å². The summed E-state index contributed by atoms with van der Waals surface area (Å²) in [5.41, 5.74) is 3.76. The Hall–Kier alpha value is -2.33. The van der Waals surface area contributed by atoms with E-state index in [1.165, 1.54) is 11.1 Å². The van der Waals surface area contributed by atoms with Crippen molar-refractivity contribution in [1.82, 2.24) is 4.90 Å². The number of hydrogen-bond acceptors (Lipinski definition) is 3. The largest absolute Gasteiger partial charge is 0.444 e. The highest BCUT2D eigenvalue weighted by Gasteiger charge is 2.19. The lowest BCUT2D eigenvalue weighted by Gasteiger charge is -2.29. The van der Waals surface area contributed by atoms with Crippen LogP contribution in [-0.2, 0) is 11.3 Å². The molecule has 0 saturated carbocycles. The molecule has 2 rings (SSSR count). The second-order valence-electron chi connectivity index (χ2n) is 7.93. The molecule has 1 atom stereocenters. The van der Waals surface area contributed by atoms with Crippen LogP contribution in [-0.4, -0.2) is 23.1 Å². The van der Waals surface area contributed by atoms with Crippen molar-refractivity contribution in [2.45, 2.75) is 59.7 Å². The Labute approximate surface area is 163 Å². The Morgan fingerprint density at radius 3 is 2.41 bits per heavy atom. The first-order valence-corrected chi connectivity index (χ1v) is 9.58. The molecule has 2 aromatic rings. The number of aryl methyl sites for hydroxylation is 1. The molecule has 1 amide bonds. The summed E-state index contributed by atoms with van der Waals surface area (Å²) in [6, 6.07) is 17.0. The summed E-state index contributed by atoms with van der Waals surface area (Å²) < 4.78 is 5.38. The van der Waals surface area contributed by atoms with E-state index in [4.69, 9.17) is 4.74 Å². The average molecular weight is 369 g/mol. The first-order chi connectivity index (χ1) is 12.7. The van der Waals surface area contributed by atoms with Gasteiger partial charge in [0.1, 0.15) is 5.60 Å². The van der Waals surface area contributed by atoms with Crippen molar-refractivity contribution in [2.24, 2.45) is 0 Å². The molecule has 0 aromatic heterocycles. The minimum Gasteiger partial charge on any atom is -0.444 e. The zero-order valence-electron chi connectivity index (χ0n) is 17.4. The summed E-state index contributed by atoms with van der Waals surface area (Å²) in [6.07, 6.45) is -0.424. The maximum Gasteiger partial charge on any atom is 0.412 e. The standard InChI is InChI=1S/C23H32N2O2/c1-7-25(16-19-11-9-8-10-12-19)18(3)20-14-13-17(2)21(15-20)24-22(26)27-23(4,5)6/h8-15,18H,7,16H2,1-6H3,(H,24,26)/t18-/m0/s1. The molecule has 1 N–H and O–H groups in total. The number of benzene rings is 2. The second kappa shape index (κ2) is 9.05. The van der Waals surface area contributed by atoms with Gasteiger partial charge in [-0.25, -0.2) is 4.79 Å². The van der Waals surface area contributed by atoms with Gasteiger partial charge in [0.2, 0.25) is 0 Å². The number of carbonyl (C=O) groups is 1. The molecule has 0 unspecified atom stereocenters. The third kappa shape index (κ3) is 6.40. The molecule has 0 heterocycles. The lowest BCUT2D eigenvalue weighted by Crippen LogP contribution is -2.28. The summed E-state index contributed by atoms with van der Waals surface area (Å²) in [5.74, 6) is 0. The monoisotopic (exact) mass is 368 g/mol. The van der Waals surface area contributed by atoms with Gasteiger partial charge in [0.05, 0.1) is 0 Å². The number of ether oxygens (including phenoxy) is 1. The van der Waals surface area contributed by atoms with Gasteiger partial charge in [-0.2, -0.15) is 0 Å². The van der Waals surface area contributed by atoms with Crippen LogP contribution in [0.4, 0.5) is 10.5 Å². The van der Waals surface area contributed by atoms with Gasteiger partial charge in [0.15, 0.2) is 0 Å². The molecule has 0 fully saturated rings. The normalized spacial score (nSPS) is 12.7. The van der Waals surface area contributed by atoms with Crippen molar-refractivity contribution in [1.29, 1.82) is 0 Å². The maximum absolute atomic E-state index is 12.1. The molecule has 146 valence electrons. The molecule has 0 aliphatic carbocycles. The molecule has 0 aliphatic heterocycles. The molecule has 4 heteroatoms. The molecule has 0 bridgehead atoms. The maximum atomic E-state index is 12.1. The van der Waals surface area contributed by atoms with E-state index in [-0.39, 0.29) is 6.04 Å². The predicted molar refractivity (Wildman–Crippen MR) is 112 cm³/mol. The van der Waals surface area contributed by atoms with Crippen LogP contribution in [0.15, 0.2) is 48.5 Å². The Kier molecular flexibility index (Phi) is 7.03. The second-order valence-corrected chi connectivity index (χ2v) is 7.93. The quantitative estimate of drug-likeness (QED) is 0.687. The fraction of sp³-hybridized carbons (Fsp3) is 0.435. The van der Waals surface area contributed by atoms with Crippen LogP contribution in [0.5, 0.6) is 0 Å². The van der Waals surface area contributed by atoms with Gasteiger partial charge in [0, 0.05) is 18.3 Å². The minimum absolute atomic E-state index is 0.231. The van der Waals surface area contributed by atoms with Crippen molar-refractivity contribution in [3.05, 3.63) is 65.2 Å². The molecule has 4 nitrogen and oxygen atoms in total. The van der Waals surface area contributed by atoms with E-state index in [1.54, 1.807) is 0 Å². The van der Waals surface area contributed by atoms with Crippen molar-refractivity contribution in [3.63, 3.8) is 0 Å². The number of anilines is 1. The van der Waals surface area contributed by atoms with Crippen LogP contribution >= 0.6 is 0 Å². The Bertz CT molecular complexity index is 751. The molecular formula is C23H32N2O2. The predicted octanol–water partition coefficient (Wildman–Crippen LogP) is 5.93. The molecule has 2 aromatic carbocycles. The third-order valence-corrected chi connectivity index (χ3v) is 4.56. The number of nitrogens with one attached hydrogen (secondary N) is 1. The highest BCUT2D eigenvalue weighted by molar-refractivity contribution is 5.86. The minimum atomic E-state index is -0.516. The zero-order valence-corrected chi connectivity index (χ0v) is 17.4. The topological polar surface area (TPSA) is 41.6 Å². The summed E-state index contributed by atoms with van der Waals surface area (Å²) in [6.45, 7) is 13.8. The van der Waals surface area contributed by atoms with Gasteiger partial charge < -0.3 is 4.74 Å². The van der Waals surface area contributed by atoms with Crippen LogP contribution in [0.2, 0.25) is 0 Å². The van der Waals surface area contributed by atoms with Crippen molar-refractivity contribution < 1.29 is 9.53 Å². The zero-order chi connectivity index (χ0) is 20.0. The smallest absolute Gasteiger partial charge is 0.412 e. The van der Waals surface area contributed by atoms with Gasteiger partial charge in [0.25, 0.3) is 0 Å². The summed E-state index contributed by atoms with van der Waals surface area (Å²) >= 11 is 0. The van der Waals surface area contributed by atoms with Gasteiger partial charge >= 0.3 is 6.09 Å². The van der Waals surface area contributed by atoms with Gasteiger partial charge in [-0.3, -0.25) is 10.2 Å². The molecule has 0 saturated heterocycles. The van der Waals surface area contributed by atoms with Crippen LogP contribution in [0.1, 0.15) is 57.4 Å². The Morgan fingerprint density at radius 1 is 1.15 bits per heavy atom. The number of carbonyl (C=O) groups excluding carboxylic acids is 1. The van der Waals surface area contributed by atoms with Crippen molar-refractivity contribution in [3.8, 4) is 0 Å². The van der Waals surface area contributed by atoms with Crippen LogP contribution in [0, 0.1) is 6.92 Å². The van der Waals surface area contributed by atoms with Gasteiger partial charge in [-0.15, -0.1) is 0 Å². The summed E-state index contributed by atoms with van der Waals surface area (Å²) in [7, 11) is 0. The van der Waals surface area contributed by atoms with Gasteiger partial charge in [-0.1, -0.05) is 49.4 Å². The fourth-order valence-electron chi connectivity index (χ4n) is 3.00. The highest BCUT2D eigenvalue weighted by atomic mass is 16.6. The molecule has 0 aliphatic rings. The molecule has 0 radical (unpaired) electrons.